The minimum absolute atomic E-state index is 0.259. The Labute approximate surface area is 171 Å². The van der Waals surface area contributed by atoms with E-state index >= 15 is 0 Å². The lowest BCUT2D eigenvalue weighted by Crippen LogP contribution is -2.43. The topological polar surface area (TPSA) is 100 Å². The van der Waals surface area contributed by atoms with Crippen molar-refractivity contribution in [3.05, 3.63) is 60.2 Å². The number of anilines is 2. The number of benzene rings is 1. The molecular weight excluding hydrogens is 392 g/mol. The van der Waals surface area contributed by atoms with Gasteiger partial charge in [0.05, 0.1) is 17.4 Å². The summed E-state index contributed by atoms with van der Waals surface area (Å²) >= 11 is 6.38. The Morgan fingerprint density at radius 1 is 1.28 bits per heavy atom. The zero-order valence-electron chi connectivity index (χ0n) is 15.8. The highest BCUT2D eigenvalue weighted by Gasteiger charge is 2.18. The molecule has 9 nitrogen and oxygen atoms in total. The van der Waals surface area contributed by atoms with Crippen molar-refractivity contribution in [2.24, 2.45) is 12.0 Å². The second-order valence-corrected chi connectivity index (χ2v) is 6.86. The van der Waals surface area contributed by atoms with Crippen molar-refractivity contribution >= 4 is 51.6 Å². The largest absolute Gasteiger partial charge is 0.323 e. The van der Waals surface area contributed by atoms with E-state index in [1.807, 2.05) is 49.1 Å². The highest BCUT2D eigenvalue weighted by atomic mass is 35.5. The maximum absolute atomic E-state index is 11.6. The van der Waals surface area contributed by atoms with Crippen LogP contribution < -0.4 is 21.5 Å². The third-order valence-corrected chi connectivity index (χ3v) is 4.62. The summed E-state index contributed by atoms with van der Waals surface area (Å²) in [6.45, 7) is 5.46. The molecule has 3 aromatic rings. The van der Waals surface area contributed by atoms with Crippen molar-refractivity contribution in [3.63, 3.8) is 0 Å². The molecule has 0 radical (unpaired) electrons. The Kier molecular flexibility index (Phi) is 4.73. The summed E-state index contributed by atoms with van der Waals surface area (Å²) in [6, 6.07) is 5.63. The van der Waals surface area contributed by atoms with Gasteiger partial charge in [0, 0.05) is 30.5 Å². The van der Waals surface area contributed by atoms with E-state index < -0.39 is 0 Å². The van der Waals surface area contributed by atoms with E-state index in [-0.39, 0.29) is 5.91 Å². The van der Waals surface area contributed by atoms with Crippen molar-refractivity contribution in [2.45, 2.75) is 6.92 Å². The van der Waals surface area contributed by atoms with Gasteiger partial charge in [0.2, 0.25) is 11.9 Å². The first-order chi connectivity index (χ1) is 13.9. The fraction of sp³-hybridized carbons (Fsp3) is 0.105. The first kappa shape index (κ1) is 18.6. The molecule has 1 aromatic carbocycles. The Hall–Kier alpha value is -3.72. The molecule has 0 bridgehead atoms. The lowest BCUT2D eigenvalue weighted by atomic mass is 10.2. The van der Waals surface area contributed by atoms with Gasteiger partial charge >= 0.3 is 0 Å². The van der Waals surface area contributed by atoms with Gasteiger partial charge in [-0.15, -0.1) is 0 Å². The highest BCUT2D eigenvalue weighted by Crippen LogP contribution is 2.29. The average Bonchev–Trinajstić information content (AvgIpc) is 3.26. The normalized spacial score (nSPS) is 13.6. The lowest BCUT2D eigenvalue weighted by molar-refractivity contribution is -0.111. The van der Waals surface area contributed by atoms with Crippen LogP contribution in [-0.2, 0) is 11.8 Å². The van der Waals surface area contributed by atoms with E-state index in [4.69, 9.17) is 11.6 Å². The third-order valence-electron chi connectivity index (χ3n) is 4.36. The molecule has 0 aliphatic carbocycles. The summed E-state index contributed by atoms with van der Waals surface area (Å²) in [5, 5.41) is 11.4. The van der Waals surface area contributed by atoms with E-state index in [0.29, 0.717) is 22.6 Å². The summed E-state index contributed by atoms with van der Waals surface area (Å²) in [5.74, 6) is 0.745. The van der Waals surface area contributed by atoms with Crippen LogP contribution >= 0.6 is 11.6 Å². The second-order valence-electron chi connectivity index (χ2n) is 6.48. The molecule has 0 saturated heterocycles. The number of amides is 1. The number of aromatic nitrogens is 3. The number of guanidine groups is 1. The predicted octanol–water partition coefficient (Wildman–Crippen LogP) is 2.71. The molecule has 2 aromatic heterocycles. The molecule has 10 heteroatoms. The number of aryl methyl sites for hydroxylation is 2. The van der Waals surface area contributed by atoms with Crippen LogP contribution in [0.1, 0.15) is 5.56 Å². The summed E-state index contributed by atoms with van der Waals surface area (Å²) < 4.78 is 3.58. The molecule has 1 aliphatic rings. The van der Waals surface area contributed by atoms with Gasteiger partial charge in [0.1, 0.15) is 0 Å². The van der Waals surface area contributed by atoms with Crippen LogP contribution in [0.4, 0.5) is 11.4 Å². The van der Waals surface area contributed by atoms with Gasteiger partial charge in [-0.25, -0.2) is 0 Å². The zero-order chi connectivity index (χ0) is 20.5. The Morgan fingerprint density at radius 3 is 2.83 bits per heavy atom. The van der Waals surface area contributed by atoms with Crippen LogP contribution in [0.5, 0.6) is 0 Å². The minimum atomic E-state index is -0.259. The number of hydrazine groups is 1. The van der Waals surface area contributed by atoms with Crippen molar-refractivity contribution in [1.82, 2.24) is 25.2 Å². The van der Waals surface area contributed by atoms with Gasteiger partial charge < -0.3 is 10.6 Å². The van der Waals surface area contributed by atoms with E-state index in [1.165, 1.54) is 6.08 Å². The fourth-order valence-corrected chi connectivity index (χ4v) is 3.22. The molecule has 3 heterocycles. The molecule has 0 atom stereocenters. The quantitative estimate of drug-likeness (QED) is 0.391. The molecule has 4 rings (SSSR count). The Bertz CT molecular complexity index is 1190. The number of nitrogens with one attached hydrogen (secondary N) is 4. The van der Waals surface area contributed by atoms with Gasteiger partial charge in [-0.05, 0) is 36.8 Å². The molecule has 4 N–H and O–H groups in total. The number of carbonyl (C=O) groups is 1. The standard InChI is InChI=1S/C19H19ClN8O/c1-4-16(29)22-12-5-6-15-14(7-12)11(2)9-28(15)18-17(20)25-26-19(24-18)23-13-8-21-27(3)10-13/h4-10,25H,1H2,2-3H3,(H,22,29)(H2,23,24,26). The number of nitrogens with zero attached hydrogens (tertiary/aromatic N) is 4. The maximum Gasteiger partial charge on any atom is 0.247 e. The molecule has 1 amide bonds. The summed E-state index contributed by atoms with van der Waals surface area (Å²) in [6.07, 6.45) is 6.70. The monoisotopic (exact) mass is 410 g/mol. The molecule has 1 aliphatic heterocycles. The lowest BCUT2D eigenvalue weighted by Gasteiger charge is -2.20. The zero-order valence-corrected chi connectivity index (χ0v) is 16.6. The number of aliphatic imine (C=N–C) groups is 1. The number of fused-ring (bicyclic) bond motifs is 1. The van der Waals surface area contributed by atoms with Crippen molar-refractivity contribution in [2.75, 3.05) is 10.6 Å². The van der Waals surface area contributed by atoms with Gasteiger partial charge in [0.25, 0.3) is 0 Å². The van der Waals surface area contributed by atoms with E-state index in [2.05, 4.69) is 38.2 Å². The van der Waals surface area contributed by atoms with Crippen LogP contribution in [0.15, 0.2) is 59.6 Å². The van der Waals surface area contributed by atoms with E-state index in [0.717, 1.165) is 22.2 Å². The summed E-state index contributed by atoms with van der Waals surface area (Å²) in [7, 11) is 1.84. The van der Waals surface area contributed by atoms with Crippen LogP contribution in [0.25, 0.3) is 16.7 Å². The molecule has 29 heavy (non-hydrogen) atoms. The van der Waals surface area contributed by atoms with Crippen LogP contribution in [0.3, 0.4) is 0 Å². The molecule has 0 spiro atoms. The summed E-state index contributed by atoms with van der Waals surface area (Å²) in [4.78, 5) is 16.2. The smallest absolute Gasteiger partial charge is 0.247 e. The second kappa shape index (κ2) is 7.36. The molecule has 148 valence electrons. The number of carbonyl (C=O) groups excluding carboxylic acids is 1. The van der Waals surface area contributed by atoms with Gasteiger partial charge in [-0.3, -0.25) is 24.9 Å². The third kappa shape index (κ3) is 3.67. The fourth-order valence-electron chi connectivity index (χ4n) is 3.04. The number of rotatable bonds is 4. The van der Waals surface area contributed by atoms with Crippen molar-refractivity contribution < 1.29 is 4.79 Å². The van der Waals surface area contributed by atoms with E-state index in [9.17, 15) is 4.79 Å². The first-order valence-corrected chi connectivity index (χ1v) is 9.14. The Balaban J connectivity index is 1.70. The minimum Gasteiger partial charge on any atom is -0.323 e. The molecule has 0 unspecified atom stereocenters. The van der Waals surface area contributed by atoms with Crippen molar-refractivity contribution in [3.8, 4) is 0 Å². The van der Waals surface area contributed by atoms with Crippen LogP contribution in [0, 0.1) is 6.92 Å². The average molecular weight is 411 g/mol. The maximum atomic E-state index is 11.6. The highest BCUT2D eigenvalue weighted by molar-refractivity contribution is 6.32. The number of hydrogen-bond acceptors (Lipinski definition) is 6. The van der Waals surface area contributed by atoms with E-state index in [1.54, 1.807) is 10.9 Å². The first-order valence-electron chi connectivity index (χ1n) is 8.76. The molecule has 0 saturated carbocycles. The number of hydrogen-bond donors (Lipinski definition) is 4. The number of halogens is 1. The van der Waals surface area contributed by atoms with Crippen LogP contribution in [0.2, 0.25) is 0 Å². The van der Waals surface area contributed by atoms with Crippen LogP contribution in [-0.4, -0.2) is 26.2 Å². The van der Waals surface area contributed by atoms with Gasteiger partial charge in [0.15, 0.2) is 11.0 Å². The SMILES string of the molecule is C=CC(=O)Nc1ccc2c(c1)c(C)cn2C1=C(Cl)NNC(Nc2cnn(C)c2)=N1. The van der Waals surface area contributed by atoms with Gasteiger partial charge in [-0.2, -0.15) is 10.1 Å². The molecule has 0 fully saturated rings. The molecular formula is C19H19ClN8O. The van der Waals surface area contributed by atoms with Crippen molar-refractivity contribution in [1.29, 1.82) is 0 Å². The predicted molar refractivity (Wildman–Crippen MR) is 115 cm³/mol. The van der Waals surface area contributed by atoms with Gasteiger partial charge in [-0.1, -0.05) is 18.2 Å². The summed E-state index contributed by atoms with van der Waals surface area (Å²) in [5.41, 5.74) is 9.22. The Morgan fingerprint density at radius 2 is 2.10 bits per heavy atom.